The molecule has 0 atom stereocenters. The van der Waals surface area contributed by atoms with Crippen LogP contribution in [0.2, 0.25) is 0 Å². The van der Waals surface area contributed by atoms with Crippen molar-refractivity contribution in [2.24, 2.45) is 0 Å². The summed E-state index contributed by atoms with van der Waals surface area (Å²) in [5.41, 5.74) is 1.49. The summed E-state index contributed by atoms with van der Waals surface area (Å²) in [6.07, 6.45) is 0. The second kappa shape index (κ2) is 6.29. The number of hydrogen-bond acceptors (Lipinski definition) is 2. The van der Waals surface area contributed by atoms with Crippen molar-refractivity contribution in [2.75, 3.05) is 7.11 Å². The molecular formula is C15H15F2NO. The quantitative estimate of drug-likeness (QED) is 0.894. The molecule has 0 aromatic heterocycles. The lowest BCUT2D eigenvalue weighted by atomic mass is 10.2. The number of ether oxygens (including phenoxy) is 1. The van der Waals surface area contributed by atoms with E-state index < -0.39 is 0 Å². The van der Waals surface area contributed by atoms with E-state index in [1.54, 1.807) is 30.3 Å². The van der Waals surface area contributed by atoms with Gasteiger partial charge >= 0.3 is 0 Å². The van der Waals surface area contributed by atoms with Gasteiger partial charge in [0.15, 0.2) is 11.6 Å². The van der Waals surface area contributed by atoms with Crippen LogP contribution in [0.15, 0.2) is 42.5 Å². The van der Waals surface area contributed by atoms with Gasteiger partial charge in [0, 0.05) is 18.7 Å². The number of benzene rings is 2. The first-order valence-electron chi connectivity index (χ1n) is 5.97. The number of halogens is 2. The Morgan fingerprint density at radius 2 is 1.74 bits per heavy atom. The highest BCUT2D eigenvalue weighted by Gasteiger charge is 2.07. The lowest BCUT2D eigenvalue weighted by Gasteiger charge is -2.08. The summed E-state index contributed by atoms with van der Waals surface area (Å²) >= 11 is 0. The van der Waals surface area contributed by atoms with Crippen LogP contribution >= 0.6 is 0 Å². The molecule has 0 aliphatic rings. The SMILES string of the molecule is COc1cccc(CNCc2ccc(F)cc2)c1F. The van der Waals surface area contributed by atoms with Crippen molar-refractivity contribution in [1.29, 1.82) is 0 Å². The molecule has 4 heteroatoms. The van der Waals surface area contributed by atoms with Gasteiger partial charge in [0.05, 0.1) is 7.11 Å². The van der Waals surface area contributed by atoms with Gasteiger partial charge in [-0.1, -0.05) is 24.3 Å². The highest BCUT2D eigenvalue weighted by Crippen LogP contribution is 2.19. The third-order valence-corrected chi connectivity index (χ3v) is 2.82. The summed E-state index contributed by atoms with van der Waals surface area (Å²) in [5.74, 6) is -0.375. The summed E-state index contributed by atoms with van der Waals surface area (Å²) in [4.78, 5) is 0. The summed E-state index contributed by atoms with van der Waals surface area (Å²) < 4.78 is 31.5. The third kappa shape index (κ3) is 3.51. The largest absolute Gasteiger partial charge is 0.494 e. The van der Waals surface area contributed by atoms with Crippen LogP contribution in [0.1, 0.15) is 11.1 Å². The molecule has 0 aliphatic carbocycles. The normalized spacial score (nSPS) is 10.5. The van der Waals surface area contributed by atoms with E-state index in [-0.39, 0.29) is 17.4 Å². The van der Waals surface area contributed by atoms with Crippen molar-refractivity contribution >= 4 is 0 Å². The molecule has 0 saturated heterocycles. The maximum absolute atomic E-state index is 13.8. The number of methoxy groups -OCH3 is 1. The highest BCUT2D eigenvalue weighted by molar-refractivity contribution is 5.31. The first-order valence-corrected chi connectivity index (χ1v) is 5.97. The van der Waals surface area contributed by atoms with E-state index in [1.165, 1.54) is 19.2 Å². The van der Waals surface area contributed by atoms with Crippen LogP contribution in [-0.4, -0.2) is 7.11 Å². The van der Waals surface area contributed by atoms with E-state index in [2.05, 4.69) is 5.32 Å². The molecule has 0 saturated carbocycles. The molecule has 0 heterocycles. The van der Waals surface area contributed by atoms with Crippen LogP contribution in [0.3, 0.4) is 0 Å². The zero-order chi connectivity index (χ0) is 13.7. The molecule has 0 fully saturated rings. The average molecular weight is 263 g/mol. The molecule has 2 aromatic rings. The molecule has 2 rings (SSSR count). The summed E-state index contributed by atoms with van der Waals surface area (Å²) in [6, 6.07) is 11.2. The number of hydrogen-bond donors (Lipinski definition) is 1. The van der Waals surface area contributed by atoms with Crippen molar-refractivity contribution in [2.45, 2.75) is 13.1 Å². The summed E-state index contributed by atoms with van der Waals surface area (Å²) in [7, 11) is 1.44. The predicted molar refractivity (Wildman–Crippen MR) is 69.9 cm³/mol. The Labute approximate surface area is 111 Å². The Bertz CT molecular complexity index is 540. The lowest BCUT2D eigenvalue weighted by molar-refractivity contribution is 0.383. The monoisotopic (exact) mass is 263 g/mol. The van der Waals surface area contributed by atoms with Gasteiger partial charge in [-0.25, -0.2) is 8.78 Å². The maximum Gasteiger partial charge on any atom is 0.169 e. The molecule has 2 nitrogen and oxygen atoms in total. The van der Waals surface area contributed by atoms with Gasteiger partial charge in [0.1, 0.15) is 5.82 Å². The van der Waals surface area contributed by atoms with Gasteiger partial charge in [0.2, 0.25) is 0 Å². The van der Waals surface area contributed by atoms with Crippen molar-refractivity contribution in [3.8, 4) is 5.75 Å². The van der Waals surface area contributed by atoms with Gasteiger partial charge in [-0.3, -0.25) is 0 Å². The van der Waals surface area contributed by atoms with Crippen molar-refractivity contribution < 1.29 is 13.5 Å². The minimum Gasteiger partial charge on any atom is -0.494 e. The smallest absolute Gasteiger partial charge is 0.169 e. The molecule has 1 N–H and O–H groups in total. The fourth-order valence-corrected chi connectivity index (χ4v) is 1.79. The van der Waals surface area contributed by atoms with Crippen LogP contribution in [0.4, 0.5) is 8.78 Å². The summed E-state index contributed by atoms with van der Waals surface area (Å²) in [5, 5.41) is 3.11. The van der Waals surface area contributed by atoms with E-state index >= 15 is 0 Å². The van der Waals surface area contributed by atoms with Gasteiger partial charge < -0.3 is 10.1 Å². The molecule has 19 heavy (non-hydrogen) atoms. The summed E-state index contributed by atoms with van der Waals surface area (Å²) in [6.45, 7) is 0.942. The van der Waals surface area contributed by atoms with Crippen molar-refractivity contribution in [3.63, 3.8) is 0 Å². The van der Waals surface area contributed by atoms with Crippen molar-refractivity contribution in [1.82, 2.24) is 5.32 Å². The molecule has 0 spiro atoms. The third-order valence-electron chi connectivity index (χ3n) is 2.82. The van der Waals surface area contributed by atoms with Gasteiger partial charge in [0.25, 0.3) is 0 Å². The van der Waals surface area contributed by atoms with Crippen molar-refractivity contribution in [3.05, 3.63) is 65.2 Å². The molecule has 0 unspecified atom stereocenters. The second-order valence-electron chi connectivity index (χ2n) is 4.16. The zero-order valence-electron chi connectivity index (χ0n) is 10.6. The molecule has 100 valence electrons. The van der Waals surface area contributed by atoms with Crippen LogP contribution in [-0.2, 0) is 13.1 Å². The Balaban J connectivity index is 1.94. The first-order chi connectivity index (χ1) is 9.20. The minimum atomic E-state index is -0.350. The molecule has 0 amide bonds. The van der Waals surface area contributed by atoms with Crippen LogP contribution in [0, 0.1) is 11.6 Å². The zero-order valence-corrected chi connectivity index (χ0v) is 10.6. The standard InChI is InChI=1S/C15H15F2NO/c1-19-14-4-2-3-12(15(14)17)10-18-9-11-5-7-13(16)8-6-11/h2-8,18H,9-10H2,1H3. The number of rotatable bonds is 5. The molecular weight excluding hydrogens is 248 g/mol. The van der Waals surface area contributed by atoms with Gasteiger partial charge in [-0.05, 0) is 23.8 Å². The Morgan fingerprint density at radius 3 is 2.42 bits per heavy atom. The predicted octanol–water partition coefficient (Wildman–Crippen LogP) is 3.26. The molecule has 0 aliphatic heterocycles. The maximum atomic E-state index is 13.8. The van der Waals surface area contributed by atoms with E-state index in [1.807, 2.05) is 0 Å². The topological polar surface area (TPSA) is 21.3 Å². The Hall–Kier alpha value is -1.94. The fourth-order valence-electron chi connectivity index (χ4n) is 1.79. The van der Waals surface area contributed by atoms with E-state index in [9.17, 15) is 8.78 Å². The highest BCUT2D eigenvalue weighted by atomic mass is 19.1. The van der Waals surface area contributed by atoms with Gasteiger partial charge in [-0.15, -0.1) is 0 Å². The van der Waals surface area contributed by atoms with E-state index in [4.69, 9.17) is 4.74 Å². The second-order valence-corrected chi connectivity index (χ2v) is 4.16. The molecule has 2 aromatic carbocycles. The Morgan fingerprint density at radius 1 is 1.00 bits per heavy atom. The molecule has 0 bridgehead atoms. The first kappa shape index (κ1) is 13.5. The van der Waals surface area contributed by atoms with Crippen LogP contribution in [0.25, 0.3) is 0 Å². The fraction of sp³-hybridized carbons (Fsp3) is 0.200. The molecule has 0 radical (unpaired) electrons. The van der Waals surface area contributed by atoms with E-state index in [0.29, 0.717) is 18.7 Å². The Kier molecular flexibility index (Phi) is 4.47. The number of nitrogens with one attached hydrogen (secondary N) is 1. The van der Waals surface area contributed by atoms with E-state index in [0.717, 1.165) is 5.56 Å². The van der Waals surface area contributed by atoms with Gasteiger partial charge in [-0.2, -0.15) is 0 Å². The minimum absolute atomic E-state index is 0.237. The van der Waals surface area contributed by atoms with Crippen LogP contribution in [0.5, 0.6) is 5.75 Å². The lowest BCUT2D eigenvalue weighted by Crippen LogP contribution is -2.14. The average Bonchev–Trinajstić information content (AvgIpc) is 2.43. The van der Waals surface area contributed by atoms with Crippen LogP contribution < -0.4 is 10.1 Å².